The lowest BCUT2D eigenvalue weighted by Gasteiger charge is -2.35. The molecule has 27 heavy (non-hydrogen) atoms. The van der Waals surface area contributed by atoms with Gasteiger partial charge in [-0.05, 0) is 52.2 Å². The average molecular weight is 376 g/mol. The first-order chi connectivity index (χ1) is 13.1. The highest BCUT2D eigenvalue weighted by atomic mass is 16.2. The molecule has 2 aliphatic heterocycles. The maximum Gasteiger partial charge on any atom is 0.246 e. The van der Waals surface area contributed by atoms with E-state index in [1.54, 1.807) is 10.9 Å². The standard InChI is InChI=1S/C19H33N7O/c1-4-20-19(21-8-5-16-6-9-23(2)10-7-16)25-11-12-26(18(27)15-25)17-13-22-24(3)14-17/h13-14,16H,4-12,15H2,1-3H3,(H,20,21). The number of aryl methyl sites for hydroxylation is 1. The summed E-state index contributed by atoms with van der Waals surface area (Å²) in [5.41, 5.74) is 0.867. The van der Waals surface area contributed by atoms with E-state index in [0.717, 1.165) is 43.6 Å². The monoisotopic (exact) mass is 375 g/mol. The summed E-state index contributed by atoms with van der Waals surface area (Å²) >= 11 is 0. The molecule has 0 atom stereocenters. The highest BCUT2D eigenvalue weighted by Gasteiger charge is 2.27. The first-order valence-electron chi connectivity index (χ1n) is 10.1. The van der Waals surface area contributed by atoms with Crippen LogP contribution in [-0.2, 0) is 11.8 Å². The van der Waals surface area contributed by atoms with Crippen LogP contribution >= 0.6 is 0 Å². The summed E-state index contributed by atoms with van der Waals surface area (Å²) in [6.07, 6.45) is 7.30. The van der Waals surface area contributed by atoms with Gasteiger partial charge < -0.3 is 20.0 Å². The molecule has 150 valence electrons. The summed E-state index contributed by atoms with van der Waals surface area (Å²) in [6, 6.07) is 0. The molecule has 2 saturated heterocycles. The Morgan fingerprint density at radius 2 is 2.04 bits per heavy atom. The van der Waals surface area contributed by atoms with Crippen LogP contribution < -0.4 is 10.2 Å². The number of likely N-dealkylation sites (tertiary alicyclic amines) is 1. The van der Waals surface area contributed by atoms with Gasteiger partial charge in [0.05, 0.1) is 11.9 Å². The van der Waals surface area contributed by atoms with E-state index in [2.05, 4.69) is 34.2 Å². The van der Waals surface area contributed by atoms with Gasteiger partial charge in [-0.25, -0.2) is 0 Å². The van der Waals surface area contributed by atoms with E-state index in [0.29, 0.717) is 13.1 Å². The molecule has 3 heterocycles. The fourth-order valence-electron chi connectivity index (χ4n) is 3.80. The molecule has 8 heteroatoms. The molecular weight excluding hydrogens is 342 g/mol. The van der Waals surface area contributed by atoms with Crippen molar-refractivity contribution < 1.29 is 4.79 Å². The fraction of sp³-hybridized carbons (Fsp3) is 0.737. The van der Waals surface area contributed by atoms with E-state index in [1.165, 1.54) is 25.9 Å². The van der Waals surface area contributed by atoms with Crippen LogP contribution in [-0.4, -0.2) is 84.3 Å². The largest absolute Gasteiger partial charge is 0.357 e. The molecule has 2 fully saturated rings. The van der Waals surface area contributed by atoms with Gasteiger partial charge in [0.2, 0.25) is 5.91 Å². The van der Waals surface area contributed by atoms with Crippen molar-refractivity contribution in [1.82, 2.24) is 24.9 Å². The number of nitrogens with one attached hydrogen (secondary N) is 1. The van der Waals surface area contributed by atoms with E-state index < -0.39 is 0 Å². The van der Waals surface area contributed by atoms with Crippen molar-refractivity contribution >= 4 is 17.6 Å². The summed E-state index contributed by atoms with van der Waals surface area (Å²) in [4.78, 5) is 23.7. The molecular formula is C19H33N7O. The second-order valence-electron chi connectivity index (χ2n) is 7.61. The Labute approximate surface area is 162 Å². The first kappa shape index (κ1) is 19.7. The third-order valence-electron chi connectivity index (χ3n) is 5.50. The number of hydrogen-bond donors (Lipinski definition) is 1. The Kier molecular flexibility index (Phi) is 6.71. The van der Waals surface area contributed by atoms with Crippen LogP contribution in [0.3, 0.4) is 0 Å². The molecule has 0 radical (unpaired) electrons. The maximum atomic E-state index is 12.6. The van der Waals surface area contributed by atoms with Crippen molar-refractivity contribution in [2.75, 3.05) is 57.8 Å². The van der Waals surface area contributed by atoms with E-state index in [-0.39, 0.29) is 5.91 Å². The van der Waals surface area contributed by atoms with E-state index in [9.17, 15) is 4.79 Å². The summed E-state index contributed by atoms with van der Waals surface area (Å²) in [5, 5.41) is 7.53. The number of hydrogen-bond acceptors (Lipinski definition) is 4. The van der Waals surface area contributed by atoms with Crippen molar-refractivity contribution in [2.45, 2.75) is 26.2 Å². The number of carbonyl (C=O) groups is 1. The third kappa shape index (κ3) is 5.22. The van der Waals surface area contributed by atoms with Gasteiger partial charge in [-0.3, -0.25) is 14.5 Å². The molecule has 2 aliphatic rings. The van der Waals surface area contributed by atoms with Crippen LogP contribution in [0.4, 0.5) is 5.69 Å². The number of anilines is 1. The minimum atomic E-state index is 0.0928. The molecule has 3 rings (SSSR count). The molecule has 0 spiro atoms. The predicted octanol–water partition coefficient (Wildman–Crippen LogP) is 0.766. The summed E-state index contributed by atoms with van der Waals surface area (Å²) < 4.78 is 1.73. The minimum absolute atomic E-state index is 0.0928. The van der Waals surface area contributed by atoms with Gasteiger partial charge in [-0.1, -0.05) is 0 Å². The van der Waals surface area contributed by atoms with Gasteiger partial charge in [-0.15, -0.1) is 0 Å². The number of carbonyl (C=O) groups excluding carboxylic acids is 1. The van der Waals surface area contributed by atoms with Gasteiger partial charge >= 0.3 is 0 Å². The Morgan fingerprint density at radius 1 is 1.26 bits per heavy atom. The van der Waals surface area contributed by atoms with Gasteiger partial charge in [0.1, 0.15) is 6.54 Å². The molecule has 1 aromatic heterocycles. The number of amides is 1. The van der Waals surface area contributed by atoms with E-state index in [4.69, 9.17) is 4.99 Å². The first-order valence-corrected chi connectivity index (χ1v) is 10.1. The maximum absolute atomic E-state index is 12.6. The lowest BCUT2D eigenvalue weighted by molar-refractivity contribution is -0.120. The molecule has 0 bridgehead atoms. The Balaban J connectivity index is 1.54. The number of piperazine rings is 1. The zero-order valence-corrected chi connectivity index (χ0v) is 16.9. The smallest absolute Gasteiger partial charge is 0.246 e. The van der Waals surface area contributed by atoms with Gasteiger partial charge in [0.15, 0.2) is 5.96 Å². The average Bonchev–Trinajstić information content (AvgIpc) is 3.08. The van der Waals surface area contributed by atoms with Crippen molar-refractivity contribution in [3.8, 4) is 0 Å². The second-order valence-corrected chi connectivity index (χ2v) is 7.61. The van der Waals surface area contributed by atoms with Crippen LogP contribution in [0.5, 0.6) is 0 Å². The summed E-state index contributed by atoms with van der Waals surface area (Å²) in [5.74, 6) is 1.73. The molecule has 1 N–H and O–H groups in total. The van der Waals surface area contributed by atoms with Crippen molar-refractivity contribution in [2.24, 2.45) is 18.0 Å². The normalized spacial score (nSPS) is 20.4. The number of nitrogens with zero attached hydrogens (tertiary/aromatic N) is 6. The van der Waals surface area contributed by atoms with Crippen LogP contribution in [0.15, 0.2) is 17.4 Å². The van der Waals surface area contributed by atoms with Crippen molar-refractivity contribution in [3.05, 3.63) is 12.4 Å². The van der Waals surface area contributed by atoms with Crippen molar-refractivity contribution in [1.29, 1.82) is 0 Å². The lowest BCUT2D eigenvalue weighted by Crippen LogP contribution is -2.55. The topological polar surface area (TPSA) is 69.0 Å². The summed E-state index contributed by atoms with van der Waals surface area (Å²) in [7, 11) is 4.06. The number of guanidine groups is 1. The predicted molar refractivity (Wildman–Crippen MR) is 108 cm³/mol. The Bertz CT molecular complexity index is 648. The molecule has 0 aromatic carbocycles. The van der Waals surface area contributed by atoms with Crippen molar-refractivity contribution in [3.63, 3.8) is 0 Å². The van der Waals surface area contributed by atoms with Gasteiger partial charge in [0, 0.05) is 39.4 Å². The van der Waals surface area contributed by atoms with Crippen LogP contribution in [0, 0.1) is 5.92 Å². The number of rotatable bonds is 5. The molecule has 0 aliphatic carbocycles. The number of aliphatic imine (C=N–C) groups is 1. The van der Waals surface area contributed by atoms with Crippen LogP contribution in [0.2, 0.25) is 0 Å². The number of piperidine rings is 1. The Hall–Kier alpha value is -2.09. The molecule has 8 nitrogen and oxygen atoms in total. The van der Waals surface area contributed by atoms with E-state index >= 15 is 0 Å². The van der Waals surface area contributed by atoms with Gasteiger partial charge in [0.25, 0.3) is 0 Å². The van der Waals surface area contributed by atoms with E-state index in [1.807, 2.05) is 18.1 Å². The minimum Gasteiger partial charge on any atom is -0.357 e. The molecule has 0 unspecified atom stereocenters. The molecule has 1 aromatic rings. The molecule has 0 saturated carbocycles. The second kappa shape index (κ2) is 9.21. The van der Waals surface area contributed by atoms with Gasteiger partial charge in [-0.2, -0.15) is 5.10 Å². The Morgan fingerprint density at radius 3 is 2.67 bits per heavy atom. The zero-order chi connectivity index (χ0) is 19.2. The highest BCUT2D eigenvalue weighted by Crippen LogP contribution is 2.20. The van der Waals surface area contributed by atoms with Crippen LogP contribution in [0.25, 0.3) is 0 Å². The number of aromatic nitrogens is 2. The lowest BCUT2D eigenvalue weighted by atomic mass is 9.94. The fourth-order valence-corrected chi connectivity index (χ4v) is 3.80. The van der Waals surface area contributed by atoms with Crippen LogP contribution in [0.1, 0.15) is 26.2 Å². The summed E-state index contributed by atoms with van der Waals surface area (Å²) in [6.45, 7) is 7.88. The molecule has 1 amide bonds. The SMILES string of the molecule is CCNC(=NCCC1CCN(C)CC1)N1CCN(c2cnn(C)c2)C(=O)C1. The zero-order valence-electron chi connectivity index (χ0n) is 16.9. The third-order valence-corrected chi connectivity index (χ3v) is 5.50. The highest BCUT2D eigenvalue weighted by molar-refractivity contribution is 5.98. The quantitative estimate of drug-likeness (QED) is 0.608.